The lowest BCUT2D eigenvalue weighted by molar-refractivity contribution is 0.827. The Kier molecular flexibility index (Phi) is 1.76. The van der Waals surface area contributed by atoms with E-state index >= 15 is 0 Å². The van der Waals surface area contributed by atoms with Crippen LogP contribution in [0.3, 0.4) is 0 Å². The lowest BCUT2D eigenvalue weighted by atomic mass is 10.1. The zero-order chi connectivity index (χ0) is 7.61. The van der Waals surface area contributed by atoms with Crippen molar-refractivity contribution < 1.29 is 0 Å². The molecule has 0 atom stereocenters. The van der Waals surface area contributed by atoms with Crippen molar-refractivity contribution in [3.05, 3.63) is 11.8 Å². The molecule has 0 aliphatic heterocycles. The highest BCUT2D eigenvalue weighted by Gasteiger charge is 2.40. The molecule has 1 rings (SSSR count). The molecule has 3 nitrogen and oxygen atoms in total. The van der Waals surface area contributed by atoms with Gasteiger partial charge in [0.2, 0.25) is 0 Å². The van der Waals surface area contributed by atoms with Crippen LogP contribution in [-0.2, 0) is 0 Å². The van der Waals surface area contributed by atoms with E-state index in [2.05, 4.69) is 4.99 Å². The van der Waals surface area contributed by atoms with E-state index in [1.54, 1.807) is 19.5 Å². The normalized spacial score (nSPS) is 23.6. The summed E-state index contributed by atoms with van der Waals surface area (Å²) < 4.78 is 0. The lowest BCUT2D eigenvalue weighted by Crippen LogP contribution is -2.26. The molecule has 0 radical (unpaired) electrons. The quantitative estimate of drug-likeness (QED) is 0.530. The van der Waals surface area contributed by atoms with Gasteiger partial charge in [0, 0.05) is 30.6 Å². The molecule has 0 amide bonds. The summed E-state index contributed by atoms with van der Waals surface area (Å²) >= 11 is 0. The first-order valence-electron chi connectivity index (χ1n) is 3.36. The molecular formula is C7H13N3. The molecule has 0 heterocycles. The van der Waals surface area contributed by atoms with E-state index in [4.69, 9.17) is 11.5 Å². The van der Waals surface area contributed by atoms with E-state index in [1.165, 1.54) is 0 Å². The summed E-state index contributed by atoms with van der Waals surface area (Å²) in [6.07, 6.45) is 5.33. The second-order valence-corrected chi connectivity index (χ2v) is 2.67. The molecule has 0 spiro atoms. The van der Waals surface area contributed by atoms with Crippen LogP contribution < -0.4 is 11.5 Å². The fraction of sp³-hybridized carbons (Fsp3) is 0.571. The molecule has 0 bridgehead atoms. The predicted molar refractivity (Wildman–Crippen MR) is 42.8 cm³/mol. The van der Waals surface area contributed by atoms with Gasteiger partial charge < -0.3 is 11.5 Å². The van der Waals surface area contributed by atoms with Crippen LogP contribution in [0.4, 0.5) is 0 Å². The van der Waals surface area contributed by atoms with E-state index in [9.17, 15) is 0 Å². The molecule has 0 saturated heterocycles. The van der Waals surface area contributed by atoms with Crippen LogP contribution in [0.5, 0.6) is 0 Å². The van der Waals surface area contributed by atoms with Crippen LogP contribution >= 0.6 is 0 Å². The van der Waals surface area contributed by atoms with Crippen molar-refractivity contribution in [1.82, 2.24) is 0 Å². The first-order valence-corrected chi connectivity index (χ1v) is 3.36. The zero-order valence-corrected chi connectivity index (χ0v) is 6.17. The van der Waals surface area contributed by atoms with Gasteiger partial charge in [0.15, 0.2) is 0 Å². The van der Waals surface area contributed by atoms with Gasteiger partial charge in [-0.25, -0.2) is 0 Å². The third kappa shape index (κ3) is 1.19. The third-order valence-electron chi connectivity index (χ3n) is 1.81. The average Bonchev–Trinajstić information content (AvgIpc) is 2.64. The highest BCUT2D eigenvalue weighted by Crippen LogP contribution is 2.37. The minimum Gasteiger partial charge on any atom is -0.404 e. The van der Waals surface area contributed by atoms with Crippen LogP contribution in [0, 0.1) is 0 Å². The Morgan fingerprint density at radius 1 is 1.60 bits per heavy atom. The summed E-state index contributed by atoms with van der Waals surface area (Å²) in [5.41, 5.74) is 12.0. The number of nitrogens with zero attached hydrogens (tertiary/aromatic N) is 1. The van der Waals surface area contributed by atoms with E-state index in [0.717, 1.165) is 18.4 Å². The van der Waals surface area contributed by atoms with Crippen LogP contribution in [0.2, 0.25) is 0 Å². The topological polar surface area (TPSA) is 64.4 Å². The lowest BCUT2D eigenvalue weighted by Gasteiger charge is -2.06. The Morgan fingerprint density at radius 2 is 2.20 bits per heavy atom. The summed E-state index contributed by atoms with van der Waals surface area (Å²) in [7, 11) is 1.72. The molecule has 3 heteroatoms. The van der Waals surface area contributed by atoms with Crippen molar-refractivity contribution in [3.8, 4) is 0 Å². The average molecular weight is 139 g/mol. The van der Waals surface area contributed by atoms with Gasteiger partial charge in [0.1, 0.15) is 0 Å². The van der Waals surface area contributed by atoms with Crippen molar-refractivity contribution >= 4 is 6.21 Å². The Morgan fingerprint density at radius 3 is 2.50 bits per heavy atom. The first kappa shape index (κ1) is 7.28. The summed E-state index contributed by atoms with van der Waals surface area (Å²) in [6.45, 7) is 0. The highest BCUT2D eigenvalue weighted by atomic mass is 14.8. The Balaban J connectivity index is 2.67. The Hall–Kier alpha value is -0.830. The molecule has 56 valence electrons. The maximum absolute atomic E-state index is 5.85. The largest absolute Gasteiger partial charge is 0.404 e. The summed E-state index contributed by atoms with van der Waals surface area (Å²) in [5, 5.41) is 0. The molecular weight excluding hydrogens is 126 g/mol. The summed E-state index contributed by atoms with van der Waals surface area (Å²) in [5.74, 6) is 0. The molecule has 1 fully saturated rings. The smallest absolute Gasteiger partial charge is 0.0440 e. The van der Waals surface area contributed by atoms with Gasteiger partial charge in [0.05, 0.1) is 0 Å². The molecule has 0 aromatic carbocycles. The fourth-order valence-electron chi connectivity index (χ4n) is 0.900. The molecule has 0 unspecified atom stereocenters. The van der Waals surface area contributed by atoms with E-state index in [0.29, 0.717) is 0 Å². The predicted octanol–water partition coefficient (Wildman–Crippen LogP) is 0.0209. The van der Waals surface area contributed by atoms with Crippen LogP contribution in [-0.4, -0.2) is 18.8 Å². The van der Waals surface area contributed by atoms with Gasteiger partial charge >= 0.3 is 0 Å². The van der Waals surface area contributed by atoms with E-state index in [-0.39, 0.29) is 5.54 Å². The van der Waals surface area contributed by atoms with E-state index < -0.39 is 0 Å². The van der Waals surface area contributed by atoms with E-state index in [1.807, 2.05) is 0 Å². The second kappa shape index (κ2) is 2.42. The van der Waals surface area contributed by atoms with Crippen molar-refractivity contribution in [2.24, 2.45) is 16.5 Å². The maximum Gasteiger partial charge on any atom is 0.0440 e. The molecule has 4 N–H and O–H groups in total. The van der Waals surface area contributed by atoms with Gasteiger partial charge in [0.25, 0.3) is 0 Å². The van der Waals surface area contributed by atoms with Gasteiger partial charge in [-0.2, -0.15) is 0 Å². The number of rotatable bonds is 2. The van der Waals surface area contributed by atoms with Crippen molar-refractivity contribution in [3.63, 3.8) is 0 Å². The minimum absolute atomic E-state index is 0.145. The van der Waals surface area contributed by atoms with Crippen LogP contribution in [0.1, 0.15) is 12.8 Å². The SMILES string of the molecule is CN=CC(=CN)C1(N)CC1. The molecule has 1 aliphatic carbocycles. The summed E-state index contributed by atoms with van der Waals surface area (Å²) in [6, 6.07) is 0. The van der Waals surface area contributed by atoms with Gasteiger partial charge in [-0.15, -0.1) is 0 Å². The standard InChI is InChI=1S/C7H13N3/c1-10-5-6(4-8)7(9)2-3-7/h4-5H,2-3,8-9H2,1H3. The number of aliphatic imine (C=N–C) groups is 1. The minimum atomic E-state index is -0.145. The van der Waals surface area contributed by atoms with Crippen LogP contribution in [0.15, 0.2) is 16.8 Å². The van der Waals surface area contributed by atoms with Gasteiger partial charge in [-0.3, -0.25) is 4.99 Å². The zero-order valence-electron chi connectivity index (χ0n) is 6.17. The fourth-order valence-corrected chi connectivity index (χ4v) is 0.900. The van der Waals surface area contributed by atoms with Gasteiger partial charge in [-0.05, 0) is 12.8 Å². The molecule has 1 aliphatic rings. The molecule has 10 heavy (non-hydrogen) atoms. The second-order valence-electron chi connectivity index (χ2n) is 2.67. The molecule has 0 aromatic rings. The van der Waals surface area contributed by atoms with Crippen molar-refractivity contribution in [2.45, 2.75) is 18.4 Å². The maximum atomic E-state index is 5.85. The Bertz CT molecular complexity index is 177. The number of hydrogen-bond acceptors (Lipinski definition) is 3. The number of hydrogen-bond donors (Lipinski definition) is 2. The number of nitrogens with two attached hydrogens (primary N) is 2. The van der Waals surface area contributed by atoms with Gasteiger partial charge in [-0.1, -0.05) is 0 Å². The summed E-state index contributed by atoms with van der Waals surface area (Å²) in [4.78, 5) is 3.86. The van der Waals surface area contributed by atoms with Crippen molar-refractivity contribution in [1.29, 1.82) is 0 Å². The Labute approximate surface area is 60.8 Å². The van der Waals surface area contributed by atoms with Crippen LogP contribution in [0.25, 0.3) is 0 Å². The molecule has 1 saturated carbocycles. The highest BCUT2D eigenvalue weighted by molar-refractivity contribution is 5.82. The molecule has 0 aromatic heterocycles. The van der Waals surface area contributed by atoms with Crippen molar-refractivity contribution in [2.75, 3.05) is 7.05 Å². The monoisotopic (exact) mass is 139 g/mol. The third-order valence-corrected chi connectivity index (χ3v) is 1.81. The first-order chi connectivity index (χ1) is 4.73.